The van der Waals surface area contributed by atoms with Crippen LogP contribution in [0.2, 0.25) is 13.1 Å². The first-order valence-electron chi connectivity index (χ1n) is 15.1. The van der Waals surface area contributed by atoms with Crippen LogP contribution >= 0.6 is 0 Å². The van der Waals surface area contributed by atoms with Crippen molar-refractivity contribution in [2.24, 2.45) is 5.92 Å². The average Bonchev–Trinajstić information content (AvgIpc) is 2.98. The molecule has 2 aromatic carbocycles. The van der Waals surface area contributed by atoms with E-state index in [1.54, 1.807) is 6.92 Å². The molecule has 14 heteroatoms. The Balaban J connectivity index is 1.64. The summed E-state index contributed by atoms with van der Waals surface area (Å²) < 4.78 is 129. The van der Waals surface area contributed by atoms with Gasteiger partial charge in [-0.1, -0.05) is 63.8 Å². The molecule has 2 aromatic rings. The zero-order valence-corrected chi connectivity index (χ0v) is 27.5. The van der Waals surface area contributed by atoms with E-state index < -0.39 is 68.9 Å². The van der Waals surface area contributed by atoms with Crippen LogP contribution in [-0.4, -0.2) is 33.6 Å². The lowest BCUT2D eigenvalue weighted by molar-refractivity contribution is -0.115. The third-order valence-electron chi connectivity index (χ3n) is 9.18. The molecule has 0 aromatic heterocycles. The number of allylic oxidation sites excluding steroid dienone is 5. The van der Waals surface area contributed by atoms with Crippen LogP contribution in [0.3, 0.4) is 0 Å². The van der Waals surface area contributed by atoms with Crippen molar-refractivity contribution in [2.75, 3.05) is 0 Å². The van der Waals surface area contributed by atoms with Crippen LogP contribution < -0.4 is 9.37 Å². The molecule has 0 spiro atoms. The topological polar surface area (TPSA) is 77.5 Å². The number of carbonyl (C=O) groups is 2. The Morgan fingerprint density at radius 2 is 1.66 bits per heavy atom. The van der Waals surface area contributed by atoms with Gasteiger partial charge in [-0.3, -0.25) is 9.59 Å². The molecule has 0 atom stereocenters. The lowest BCUT2D eigenvalue weighted by atomic mass is 9.85. The second-order valence-corrected chi connectivity index (χ2v) is 18.5. The number of carbonyl (C=O) groups excluding carboxylic acids is 2. The summed E-state index contributed by atoms with van der Waals surface area (Å²) in [6.45, 7) is 4.16. The molecular weight excluding hydrogens is 669 g/mol. The van der Waals surface area contributed by atoms with E-state index in [1.165, 1.54) is 50.6 Å². The van der Waals surface area contributed by atoms with Crippen LogP contribution in [0.25, 0.3) is 5.57 Å². The van der Waals surface area contributed by atoms with Crippen LogP contribution in [0.1, 0.15) is 78.4 Å². The van der Waals surface area contributed by atoms with E-state index in [9.17, 15) is 35.6 Å². The molecule has 47 heavy (non-hydrogen) atoms. The van der Waals surface area contributed by atoms with Crippen LogP contribution in [0, 0.1) is 24.5 Å². The van der Waals surface area contributed by atoms with Crippen LogP contribution in [0.15, 0.2) is 52.8 Å². The Morgan fingerprint density at radius 1 is 1.00 bits per heavy atom. The van der Waals surface area contributed by atoms with Crippen molar-refractivity contribution >= 4 is 40.5 Å². The number of hydrogen-bond donors (Lipinski definition) is 0. The molecule has 1 heterocycles. The molecule has 1 fully saturated rings. The second-order valence-electron chi connectivity index (χ2n) is 12.7. The molecule has 0 bridgehead atoms. The second kappa shape index (κ2) is 12.5. The van der Waals surface area contributed by atoms with Crippen LogP contribution in [0.5, 0.6) is 5.75 Å². The monoisotopic (exact) mass is 700 g/mol. The van der Waals surface area contributed by atoms with Crippen molar-refractivity contribution < 1.29 is 52.9 Å². The van der Waals surface area contributed by atoms with Gasteiger partial charge in [0.1, 0.15) is 8.07 Å². The minimum Gasteiger partial charge on any atom is -0.370 e. The van der Waals surface area contributed by atoms with Crippen molar-refractivity contribution in [3.8, 4) is 5.75 Å². The van der Waals surface area contributed by atoms with Crippen molar-refractivity contribution in [3.05, 3.63) is 86.7 Å². The van der Waals surface area contributed by atoms with Gasteiger partial charge >= 0.3 is 15.6 Å². The first kappa shape index (κ1) is 34.8. The van der Waals surface area contributed by atoms with Gasteiger partial charge in [-0.25, -0.2) is 17.6 Å². The molecule has 2 aliphatic carbocycles. The molecule has 252 valence electrons. The predicted molar refractivity (Wildman–Crippen MR) is 163 cm³/mol. The van der Waals surface area contributed by atoms with Gasteiger partial charge in [-0.2, -0.15) is 21.6 Å². The Morgan fingerprint density at radius 3 is 2.28 bits per heavy atom. The Kier molecular flexibility index (Phi) is 9.25. The number of benzene rings is 2. The number of ketones is 2. The van der Waals surface area contributed by atoms with E-state index >= 15 is 13.2 Å². The van der Waals surface area contributed by atoms with E-state index in [-0.39, 0.29) is 28.1 Å². The SMILES string of the molecule is Cc1cc(C(=O)CCCC2CCCCC2)ccc1C1=C2C=C(F)C(=O)C(F)=C2[Si](C)(C)c2c1cc(F)c(OS(=O)(=O)C(F)(F)F)c2F. The number of Topliss-reactive ketones (excluding diaryl/α,β-unsaturated/α-hetero) is 2. The van der Waals surface area contributed by atoms with Gasteiger partial charge in [0, 0.05) is 12.0 Å². The van der Waals surface area contributed by atoms with E-state index in [0.29, 0.717) is 36.0 Å². The predicted octanol–water partition coefficient (Wildman–Crippen LogP) is 8.36. The van der Waals surface area contributed by atoms with Crippen molar-refractivity contribution in [2.45, 2.75) is 76.9 Å². The molecule has 0 unspecified atom stereocenters. The molecule has 0 N–H and O–H groups in total. The van der Waals surface area contributed by atoms with Gasteiger partial charge < -0.3 is 4.18 Å². The molecule has 1 aliphatic heterocycles. The number of halogens is 7. The fourth-order valence-electron chi connectivity index (χ4n) is 6.90. The number of hydrogen-bond acceptors (Lipinski definition) is 5. The number of aryl methyl sites for hydroxylation is 1. The minimum absolute atomic E-state index is 0.142. The third-order valence-corrected chi connectivity index (χ3v) is 13.6. The molecule has 5 rings (SSSR count). The lowest BCUT2D eigenvalue weighted by Gasteiger charge is -2.38. The van der Waals surface area contributed by atoms with Gasteiger partial charge in [0.05, 0.1) is 0 Å². The third kappa shape index (κ3) is 6.26. The van der Waals surface area contributed by atoms with Gasteiger partial charge in [-0.05, 0) is 75.7 Å². The quantitative estimate of drug-likeness (QED) is 0.0910. The van der Waals surface area contributed by atoms with E-state index in [4.69, 9.17) is 0 Å². The Labute approximate surface area is 268 Å². The summed E-state index contributed by atoms with van der Waals surface area (Å²) in [6.07, 6.45) is 8.54. The zero-order valence-electron chi connectivity index (χ0n) is 25.7. The smallest absolute Gasteiger partial charge is 0.370 e. The zero-order chi connectivity index (χ0) is 34.6. The maximum absolute atomic E-state index is 16.2. The van der Waals surface area contributed by atoms with Crippen molar-refractivity contribution in [3.63, 3.8) is 0 Å². The van der Waals surface area contributed by atoms with Gasteiger partial charge in [-0.15, -0.1) is 0 Å². The molecule has 0 amide bonds. The van der Waals surface area contributed by atoms with E-state index in [1.807, 2.05) is 0 Å². The summed E-state index contributed by atoms with van der Waals surface area (Å²) in [5.74, 6) is -9.74. The van der Waals surface area contributed by atoms with Gasteiger partial charge in [0.15, 0.2) is 29.1 Å². The maximum atomic E-state index is 16.2. The lowest BCUT2D eigenvalue weighted by Crippen LogP contribution is -2.52. The first-order chi connectivity index (χ1) is 21.9. The highest BCUT2D eigenvalue weighted by molar-refractivity contribution is 7.88. The molecule has 5 nitrogen and oxygen atoms in total. The summed E-state index contributed by atoms with van der Waals surface area (Å²) in [7, 11) is -10.4. The Hall–Kier alpha value is -3.52. The van der Waals surface area contributed by atoms with E-state index in [2.05, 4.69) is 4.18 Å². The fraction of sp³-hybridized carbons (Fsp3) is 0.394. The molecule has 0 saturated heterocycles. The van der Waals surface area contributed by atoms with Crippen molar-refractivity contribution in [1.82, 2.24) is 0 Å². The fourth-order valence-corrected chi connectivity index (χ4v) is 10.7. The molecule has 3 aliphatic rings. The first-order valence-corrected chi connectivity index (χ1v) is 19.5. The average molecular weight is 701 g/mol. The summed E-state index contributed by atoms with van der Waals surface area (Å²) in [5, 5.41) is -0.968. The summed E-state index contributed by atoms with van der Waals surface area (Å²) >= 11 is 0. The highest BCUT2D eigenvalue weighted by Crippen LogP contribution is 2.47. The number of rotatable bonds is 8. The maximum Gasteiger partial charge on any atom is 0.534 e. The molecular formula is C33H31F7O5SSi. The van der Waals surface area contributed by atoms with Crippen molar-refractivity contribution in [1.29, 1.82) is 0 Å². The van der Waals surface area contributed by atoms with Gasteiger partial charge in [0.2, 0.25) is 11.5 Å². The standard InChI is InChI=1S/C33H31F7O5SSi/c1-17-14-19(25(41)11-7-10-18-8-5-4-6-9-18)12-13-20(17)26-21-15-23(34)29(42)27(36)31(21)47(2,3)32-22(26)16-24(35)30(28(32)37)45-46(43,44)33(38,39)40/h12-16,18H,4-11H2,1-3H3. The number of fused-ring (bicyclic) bond motifs is 2. The number of alkyl halides is 3. The van der Waals surface area contributed by atoms with Crippen LogP contribution in [-0.2, 0) is 14.9 Å². The molecule has 0 radical (unpaired) electrons. The summed E-state index contributed by atoms with van der Waals surface area (Å²) in [6, 6.07) is 4.97. The highest BCUT2D eigenvalue weighted by Gasteiger charge is 2.51. The normalized spacial score (nSPS) is 18.6. The largest absolute Gasteiger partial charge is 0.534 e. The van der Waals surface area contributed by atoms with E-state index in [0.717, 1.165) is 25.3 Å². The minimum atomic E-state index is -6.52. The summed E-state index contributed by atoms with van der Waals surface area (Å²) in [4.78, 5) is 25.5. The summed E-state index contributed by atoms with van der Waals surface area (Å²) in [5.41, 5.74) is -5.82. The molecule has 1 saturated carbocycles. The van der Waals surface area contributed by atoms with Crippen LogP contribution in [0.4, 0.5) is 30.7 Å². The highest BCUT2D eigenvalue weighted by atomic mass is 32.2. The Bertz CT molecular complexity index is 1880. The van der Waals surface area contributed by atoms with Gasteiger partial charge in [0.25, 0.3) is 0 Å².